The second kappa shape index (κ2) is 5.09. The third kappa shape index (κ3) is 3.87. The molecule has 1 rings (SSSR count). The number of hydrogen-bond donors (Lipinski definition) is 2. The Labute approximate surface area is 84.2 Å². The minimum Gasteiger partial charge on any atom is -0.329 e. The minimum absolute atomic E-state index is 0.0279. The zero-order valence-corrected chi connectivity index (χ0v) is 8.63. The molecule has 0 heterocycles. The number of rotatable bonds is 5. The predicted molar refractivity (Wildman–Crippen MR) is 56.1 cm³/mol. The molecule has 14 heavy (non-hydrogen) atoms. The molecule has 3 N–H and O–H groups in total. The Balaban J connectivity index is 2.49. The van der Waals surface area contributed by atoms with Crippen LogP contribution in [-0.4, -0.2) is 20.7 Å². The molecule has 4 nitrogen and oxygen atoms in total. The van der Waals surface area contributed by atoms with Crippen LogP contribution in [0, 0.1) is 0 Å². The van der Waals surface area contributed by atoms with Gasteiger partial charge in [-0.15, -0.1) is 0 Å². The fourth-order valence-corrected chi connectivity index (χ4v) is 1.86. The fraction of sp³-hybridized carbons (Fsp3) is 0.333. The maximum atomic E-state index is 11.2. The number of nitrogens with two attached hydrogens (primary N) is 1. The van der Waals surface area contributed by atoms with Gasteiger partial charge in [-0.05, 0) is 5.56 Å². The summed E-state index contributed by atoms with van der Waals surface area (Å²) in [6.07, 6.45) is 0. The van der Waals surface area contributed by atoms with Gasteiger partial charge in [-0.1, -0.05) is 30.3 Å². The quantitative estimate of drug-likeness (QED) is 0.728. The SMILES string of the molecule is NCCS(=O)(=O)NCc1ccccc1. The standard InChI is InChI=1S/C9H14N2O2S/c10-6-7-14(12,13)11-8-9-4-2-1-3-5-9/h1-5,11H,6-8,10H2. The summed E-state index contributed by atoms with van der Waals surface area (Å²) in [5, 5.41) is 0. The van der Waals surface area contributed by atoms with Gasteiger partial charge in [0.2, 0.25) is 10.0 Å². The highest BCUT2D eigenvalue weighted by molar-refractivity contribution is 7.89. The normalized spacial score (nSPS) is 11.5. The molecular weight excluding hydrogens is 200 g/mol. The molecular formula is C9H14N2O2S. The number of benzene rings is 1. The van der Waals surface area contributed by atoms with Gasteiger partial charge in [0.05, 0.1) is 5.75 Å². The van der Waals surface area contributed by atoms with E-state index in [-0.39, 0.29) is 12.3 Å². The largest absolute Gasteiger partial charge is 0.329 e. The minimum atomic E-state index is -3.20. The van der Waals surface area contributed by atoms with Crippen molar-refractivity contribution < 1.29 is 8.42 Å². The van der Waals surface area contributed by atoms with Crippen molar-refractivity contribution in [3.63, 3.8) is 0 Å². The average Bonchev–Trinajstić information content (AvgIpc) is 2.17. The third-order valence-electron chi connectivity index (χ3n) is 1.73. The van der Waals surface area contributed by atoms with E-state index in [0.29, 0.717) is 6.54 Å². The summed E-state index contributed by atoms with van der Waals surface area (Å²) in [6.45, 7) is 0.466. The summed E-state index contributed by atoms with van der Waals surface area (Å²) in [7, 11) is -3.20. The van der Waals surface area contributed by atoms with Crippen molar-refractivity contribution in [2.75, 3.05) is 12.3 Å². The summed E-state index contributed by atoms with van der Waals surface area (Å²) >= 11 is 0. The van der Waals surface area contributed by atoms with Crippen molar-refractivity contribution in [1.29, 1.82) is 0 Å². The Morgan fingerprint density at radius 2 is 1.86 bits per heavy atom. The first-order valence-corrected chi connectivity index (χ1v) is 6.00. The summed E-state index contributed by atoms with van der Waals surface area (Å²) in [6, 6.07) is 9.35. The maximum absolute atomic E-state index is 11.2. The Morgan fingerprint density at radius 3 is 2.43 bits per heavy atom. The molecule has 0 saturated carbocycles. The molecule has 0 atom stereocenters. The number of nitrogens with one attached hydrogen (secondary N) is 1. The molecule has 5 heteroatoms. The molecule has 0 radical (unpaired) electrons. The molecule has 0 aliphatic heterocycles. The molecule has 1 aromatic carbocycles. The van der Waals surface area contributed by atoms with E-state index in [1.54, 1.807) is 0 Å². The van der Waals surface area contributed by atoms with Crippen LogP contribution in [0.25, 0.3) is 0 Å². The highest BCUT2D eigenvalue weighted by atomic mass is 32.2. The zero-order valence-electron chi connectivity index (χ0n) is 7.81. The second-order valence-corrected chi connectivity index (χ2v) is 4.84. The van der Waals surface area contributed by atoms with Crippen LogP contribution >= 0.6 is 0 Å². The van der Waals surface area contributed by atoms with Crippen LogP contribution in [0.4, 0.5) is 0 Å². The maximum Gasteiger partial charge on any atom is 0.213 e. The molecule has 0 fully saturated rings. The molecule has 0 spiro atoms. The van der Waals surface area contributed by atoms with Gasteiger partial charge in [0.1, 0.15) is 0 Å². The van der Waals surface area contributed by atoms with E-state index < -0.39 is 10.0 Å². The molecule has 0 bridgehead atoms. The number of sulfonamides is 1. The lowest BCUT2D eigenvalue weighted by Gasteiger charge is -2.04. The lowest BCUT2D eigenvalue weighted by atomic mass is 10.2. The van der Waals surface area contributed by atoms with E-state index in [0.717, 1.165) is 5.56 Å². The molecule has 1 aromatic rings. The van der Waals surface area contributed by atoms with Gasteiger partial charge in [0.15, 0.2) is 0 Å². The molecule has 0 aliphatic rings. The Hall–Kier alpha value is -0.910. The topological polar surface area (TPSA) is 72.2 Å². The fourth-order valence-electron chi connectivity index (χ4n) is 1.02. The van der Waals surface area contributed by atoms with E-state index in [1.165, 1.54) is 0 Å². The number of hydrogen-bond acceptors (Lipinski definition) is 3. The first kappa shape index (κ1) is 11.2. The Kier molecular flexibility index (Phi) is 4.06. The smallest absolute Gasteiger partial charge is 0.213 e. The first-order valence-electron chi connectivity index (χ1n) is 4.35. The van der Waals surface area contributed by atoms with Crippen LogP contribution in [0.1, 0.15) is 5.56 Å². The molecule has 0 aromatic heterocycles. The van der Waals surface area contributed by atoms with Gasteiger partial charge >= 0.3 is 0 Å². The van der Waals surface area contributed by atoms with Crippen molar-refractivity contribution in [3.05, 3.63) is 35.9 Å². The Morgan fingerprint density at radius 1 is 1.21 bits per heavy atom. The molecule has 0 aliphatic carbocycles. The van der Waals surface area contributed by atoms with Crippen molar-refractivity contribution in [2.45, 2.75) is 6.54 Å². The van der Waals surface area contributed by atoms with Crippen LogP contribution in [0.2, 0.25) is 0 Å². The van der Waals surface area contributed by atoms with Crippen molar-refractivity contribution in [1.82, 2.24) is 4.72 Å². The monoisotopic (exact) mass is 214 g/mol. The highest BCUT2D eigenvalue weighted by Crippen LogP contribution is 1.98. The van der Waals surface area contributed by atoms with E-state index in [4.69, 9.17) is 5.73 Å². The van der Waals surface area contributed by atoms with Gasteiger partial charge in [-0.2, -0.15) is 0 Å². The summed E-state index contributed by atoms with van der Waals surface area (Å²) in [5.74, 6) is -0.0279. The van der Waals surface area contributed by atoms with Crippen LogP contribution in [0.5, 0.6) is 0 Å². The van der Waals surface area contributed by atoms with Gasteiger partial charge in [0.25, 0.3) is 0 Å². The van der Waals surface area contributed by atoms with Gasteiger partial charge in [-0.3, -0.25) is 0 Å². The lowest BCUT2D eigenvalue weighted by molar-refractivity contribution is 0.581. The van der Waals surface area contributed by atoms with E-state index in [1.807, 2.05) is 30.3 Å². The second-order valence-electron chi connectivity index (χ2n) is 2.91. The van der Waals surface area contributed by atoms with Gasteiger partial charge in [0, 0.05) is 13.1 Å². The van der Waals surface area contributed by atoms with E-state index in [9.17, 15) is 8.42 Å². The van der Waals surface area contributed by atoms with Crippen molar-refractivity contribution in [2.24, 2.45) is 5.73 Å². The van der Waals surface area contributed by atoms with Crippen molar-refractivity contribution in [3.8, 4) is 0 Å². The van der Waals surface area contributed by atoms with E-state index >= 15 is 0 Å². The van der Waals surface area contributed by atoms with Crippen LogP contribution in [0.15, 0.2) is 30.3 Å². The van der Waals surface area contributed by atoms with Crippen LogP contribution in [0.3, 0.4) is 0 Å². The molecule has 0 unspecified atom stereocenters. The molecule has 0 saturated heterocycles. The van der Waals surface area contributed by atoms with E-state index in [2.05, 4.69) is 4.72 Å². The third-order valence-corrected chi connectivity index (χ3v) is 3.08. The Bertz CT molecular complexity index is 362. The van der Waals surface area contributed by atoms with Crippen LogP contribution < -0.4 is 10.5 Å². The van der Waals surface area contributed by atoms with Gasteiger partial charge < -0.3 is 5.73 Å². The lowest BCUT2D eigenvalue weighted by Crippen LogP contribution is -2.29. The zero-order chi connectivity index (χ0) is 10.4. The molecule has 78 valence electrons. The predicted octanol–water partition coefficient (Wildman–Crippen LogP) is 0.0647. The average molecular weight is 214 g/mol. The summed E-state index contributed by atoms with van der Waals surface area (Å²) in [4.78, 5) is 0. The van der Waals surface area contributed by atoms with Crippen molar-refractivity contribution >= 4 is 10.0 Å². The van der Waals surface area contributed by atoms with Crippen LogP contribution in [-0.2, 0) is 16.6 Å². The summed E-state index contributed by atoms with van der Waals surface area (Å²) in [5.41, 5.74) is 6.10. The first-order chi connectivity index (χ1) is 6.64. The highest BCUT2D eigenvalue weighted by Gasteiger charge is 2.07. The molecule has 0 amide bonds. The summed E-state index contributed by atoms with van der Waals surface area (Å²) < 4.78 is 24.9. The van der Waals surface area contributed by atoms with Gasteiger partial charge in [-0.25, -0.2) is 13.1 Å².